The minimum Gasteiger partial charge on any atom is -0.444 e. The fraction of sp³-hybridized carbons (Fsp3) is 0.545. The molecular formula is C33H47N3O4. The third-order valence-corrected chi connectivity index (χ3v) is 7.85. The van der Waals surface area contributed by atoms with Gasteiger partial charge in [0.25, 0.3) is 5.91 Å². The standard InChI is InChI=1S/C33H47N3O4/c1-10-21(3)28(35-32(39)40-33(7,8)9)31(38)36(25-15-12-16-25)29(26-18-17-20(2)19-24(26)6)30(37)34-27-22(4)13-11-14-23(27)5/h11,13-14,17-19,21,25,28-29H,10,12,15-16H2,1-9H3,(H,34,37)(H,35,39). The molecule has 3 rings (SSSR count). The number of carbonyl (C=O) groups is 3. The number of anilines is 1. The van der Waals surface area contributed by atoms with Crippen LogP contribution in [0.3, 0.4) is 0 Å². The van der Waals surface area contributed by atoms with Gasteiger partial charge in [-0.1, -0.05) is 62.2 Å². The van der Waals surface area contributed by atoms with Crippen molar-refractivity contribution in [3.05, 3.63) is 64.2 Å². The van der Waals surface area contributed by atoms with Crippen LogP contribution in [0.15, 0.2) is 36.4 Å². The highest BCUT2D eigenvalue weighted by Gasteiger charge is 2.43. The molecule has 0 bridgehead atoms. The fourth-order valence-electron chi connectivity index (χ4n) is 5.21. The van der Waals surface area contributed by atoms with Crippen molar-refractivity contribution in [2.24, 2.45) is 5.92 Å². The molecular weight excluding hydrogens is 502 g/mol. The van der Waals surface area contributed by atoms with Crippen molar-refractivity contribution >= 4 is 23.6 Å². The zero-order chi connectivity index (χ0) is 29.8. The van der Waals surface area contributed by atoms with E-state index in [9.17, 15) is 14.4 Å². The maximum absolute atomic E-state index is 14.5. The maximum Gasteiger partial charge on any atom is 0.408 e. The van der Waals surface area contributed by atoms with Gasteiger partial charge in [-0.3, -0.25) is 9.59 Å². The van der Waals surface area contributed by atoms with E-state index in [1.807, 2.05) is 77.9 Å². The molecule has 218 valence electrons. The van der Waals surface area contributed by atoms with Gasteiger partial charge in [-0.25, -0.2) is 4.79 Å². The van der Waals surface area contributed by atoms with Crippen molar-refractivity contribution in [2.75, 3.05) is 5.32 Å². The van der Waals surface area contributed by atoms with Crippen molar-refractivity contribution < 1.29 is 19.1 Å². The number of para-hydroxylation sites is 1. The minimum atomic E-state index is -0.857. The van der Waals surface area contributed by atoms with E-state index in [1.165, 1.54) is 0 Å². The molecule has 1 fully saturated rings. The average molecular weight is 550 g/mol. The van der Waals surface area contributed by atoms with Gasteiger partial charge in [-0.2, -0.15) is 0 Å². The summed E-state index contributed by atoms with van der Waals surface area (Å²) in [4.78, 5) is 43.5. The molecule has 40 heavy (non-hydrogen) atoms. The van der Waals surface area contributed by atoms with Crippen molar-refractivity contribution in [3.8, 4) is 0 Å². The van der Waals surface area contributed by atoms with Crippen LogP contribution >= 0.6 is 0 Å². The van der Waals surface area contributed by atoms with Crippen LogP contribution in [-0.2, 0) is 14.3 Å². The Labute approximate surface area is 240 Å². The van der Waals surface area contributed by atoms with Crippen molar-refractivity contribution in [2.45, 2.75) is 112 Å². The Morgan fingerprint density at radius 1 is 1.00 bits per heavy atom. The Hall–Kier alpha value is -3.35. The lowest BCUT2D eigenvalue weighted by atomic mass is 9.86. The lowest BCUT2D eigenvalue weighted by Crippen LogP contribution is -2.58. The highest BCUT2D eigenvalue weighted by atomic mass is 16.6. The van der Waals surface area contributed by atoms with Crippen LogP contribution in [-0.4, -0.2) is 40.5 Å². The molecule has 1 aliphatic carbocycles. The third-order valence-electron chi connectivity index (χ3n) is 7.85. The zero-order valence-corrected chi connectivity index (χ0v) is 25.7. The summed E-state index contributed by atoms with van der Waals surface area (Å²) in [6.45, 7) is 17.2. The third kappa shape index (κ3) is 7.43. The fourth-order valence-corrected chi connectivity index (χ4v) is 5.21. The first-order chi connectivity index (χ1) is 18.7. The van der Waals surface area contributed by atoms with E-state index in [4.69, 9.17) is 4.74 Å². The quantitative estimate of drug-likeness (QED) is 0.355. The predicted molar refractivity (Wildman–Crippen MR) is 160 cm³/mol. The van der Waals surface area contributed by atoms with E-state index in [0.717, 1.165) is 52.8 Å². The maximum atomic E-state index is 14.5. The molecule has 3 atom stereocenters. The van der Waals surface area contributed by atoms with Crippen LogP contribution in [0, 0.1) is 33.6 Å². The minimum absolute atomic E-state index is 0.103. The summed E-state index contributed by atoms with van der Waals surface area (Å²) in [6, 6.07) is 10.1. The Morgan fingerprint density at radius 2 is 1.62 bits per heavy atom. The molecule has 7 heteroatoms. The van der Waals surface area contributed by atoms with Gasteiger partial charge in [0, 0.05) is 11.7 Å². The van der Waals surface area contributed by atoms with E-state index in [1.54, 1.807) is 25.7 Å². The zero-order valence-electron chi connectivity index (χ0n) is 25.7. The van der Waals surface area contributed by atoms with Gasteiger partial charge < -0.3 is 20.3 Å². The Kier molecular flexibility index (Phi) is 10.0. The van der Waals surface area contributed by atoms with Gasteiger partial charge in [-0.15, -0.1) is 0 Å². The highest BCUT2D eigenvalue weighted by molar-refractivity contribution is 6.00. The van der Waals surface area contributed by atoms with Gasteiger partial charge in [0.2, 0.25) is 5.91 Å². The monoisotopic (exact) mass is 549 g/mol. The average Bonchev–Trinajstić information content (AvgIpc) is 2.82. The topological polar surface area (TPSA) is 87.7 Å². The molecule has 2 N–H and O–H groups in total. The number of ether oxygens (including phenoxy) is 1. The normalized spacial score (nSPS) is 15.8. The molecule has 2 aromatic rings. The van der Waals surface area contributed by atoms with E-state index in [-0.39, 0.29) is 23.8 Å². The molecule has 1 saturated carbocycles. The smallest absolute Gasteiger partial charge is 0.408 e. The summed E-state index contributed by atoms with van der Waals surface area (Å²) in [5.74, 6) is -0.680. The van der Waals surface area contributed by atoms with Gasteiger partial charge in [-0.05, 0) is 95.9 Å². The second-order valence-corrected chi connectivity index (χ2v) is 12.4. The Morgan fingerprint density at radius 3 is 2.12 bits per heavy atom. The van der Waals surface area contributed by atoms with Crippen LogP contribution in [0.25, 0.3) is 0 Å². The largest absolute Gasteiger partial charge is 0.444 e. The molecule has 2 aromatic carbocycles. The number of nitrogens with one attached hydrogen (secondary N) is 2. The molecule has 1 aliphatic rings. The number of rotatable bonds is 9. The summed E-state index contributed by atoms with van der Waals surface area (Å²) >= 11 is 0. The van der Waals surface area contributed by atoms with Gasteiger partial charge in [0.05, 0.1) is 0 Å². The summed E-state index contributed by atoms with van der Waals surface area (Å²) in [5, 5.41) is 6.03. The first kappa shape index (κ1) is 31.2. The van der Waals surface area contributed by atoms with E-state index in [0.29, 0.717) is 6.42 Å². The number of hydrogen-bond donors (Lipinski definition) is 2. The summed E-state index contributed by atoms with van der Waals surface area (Å²) in [6.07, 6.45) is 2.64. The summed E-state index contributed by atoms with van der Waals surface area (Å²) < 4.78 is 5.52. The number of amides is 3. The highest BCUT2D eigenvalue weighted by Crippen LogP contribution is 2.37. The molecule has 3 amide bonds. The number of carbonyl (C=O) groups excluding carboxylic acids is 3. The number of aryl methyl sites for hydroxylation is 4. The molecule has 3 unspecified atom stereocenters. The second-order valence-electron chi connectivity index (χ2n) is 12.4. The molecule has 0 aromatic heterocycles. The van der Waals surface area contributed by atoms with Crippen LogP contribution in [0.5, 0.6) is 0 Å². The second kappa shape index (κ2) is 12.9. The van der Waals surface area contributed by atoms with Crippen molar-refractivity contribution in [3.63, 3.8) is 0 Å². The predicted octanol–water partition coefficient (Wildman–Crippen LogP) is 6.92. The lowest BCUT2D eigenvalue weighted by molar-refractivity contribution is -0.147. The van der Waals surface area contributed by atoms with Gasteiger partial charge in [0.1, 0.15) is 17.7 Å². The van der Waals surface area contributed by atoms with E-state index in [2.05, 4.69) is 10.6 Å². The first-order valence-electron chi connectivity index (χ1n) is 14.5. The number of hydrogen-bond acceptors (Lipinski definition) is 4. The van der Waals surface area contributed by atoms with Crippen LogP contribution in [0.2, 0.25) is 0 Å². The lowest BCUT2D eigenvalue weighted by Gasteiger charge is -2.44. The van der Waals surface area contributed by atoms with Gasteiger partial charge in [0.15, 0.2) is 0 Å². The van der Waals surface area contributed by atoms with Gasteiger partial charge >= 0.3 is 6.09 Å². The Bertz CT molecular complexity index is 1210. The number of nitrogens with zero attached hydrogens (tertiary/aromatic N) is 1. The first-order valence-corrected chi connectivity index (χ1v) is 14.5. The number of alkyl carbamates (subject to hydrolysis) is 1. The van der Waals surface area contributed by atoms with Crippen LogP contribution in [0.1, 0.15) is 94.2 Å². The number of benzene rings is 2. The molecule has 0 spiro atoms. The van der Waals surface area contributed by atoms with Crippen LogP contribution in [0.4, 0.5) is 10.5 Å². The summed E-state index contributed by atoms with van der Waals surface area (Å²) in [7, 11) is 0. The molecule has 0 saturated heterocycles. The molecule has 7 nitrogen and oxygen atoms in total. The van der Waals surface area contributed by atoms with Crippen LogP contribution < -0.4 is 10.6 Å². The van der Waals surface area contributed by atoms with E-state index >= 15 is 0 Å². The Balaban J connectivity index is 2.11. The molecule has 0 radical (unpaired) electrons. The molecule has 0 aliphatic heterocycles. The van der Waals surface area contributed by atoms with E-state index < -0.39 is 23.8 Å². The molecule has 0 heterocycles. The summed E-state index contributed by atoms with van der Waals surface area (Å²) in [5.41, 5.74) is 4.79. The SMILES string of the molecule is CCC(C)C(NC(=O)OC(C)(C)C)C(=O)N(C1CCC1)C(C(=O)Nc1c(C)cccc1C)c1ccc(C)cc1C. The van der Waals surface area contributed by atoms with Crippen molar-refractivity contribution in [1.29, 1.82) is 0 Å². The van der Waals surface area contributed by atoms with Crippen molar-refractivity contribution in [1.82, 2.24) is 10.2 Å².